The molecule has 0 aliphatic carbocycles. The Morgan fingerprint density at radius 3 is 2.44 bits per heavy atom. The second-order valence-corrected chi connectivity index (χ2v) is 11.3. The zero-order valence-corrected chi connectivity index (χ0v) is 21.2. The Balaban J connectivity index is 1.56. The van der Waals surface area contributed by atoms with Gasteiger partial charge in [-0.15, -0.1) is 11.3 Å². The van der Waals surface area contributed by atoms with Crippen molar-refractivity contribution in [1.29, 1.82) is 0 Å². The van der Waals surface area contributed by atoms with Crippen molar-refractivity contribution >= 4 is 77.1 Å². The molecular weight excluding hydrogens is 571 g/mol. The van der Waals surface area contributed by atoms with Crippen LogP contribution in [0, 0.1) is 5.82 Å². The van der Waals surface area contributed by atoms with Gasteiger partial charge in [-0.3, -0.25) is 9.36 Å². The maximum atomic E-state index is 14.4. The largest absolute Gasteiger partial charge is 0.385 e. The molecule has 0 spiro atoms. The third-order valence-corrected chi connectivity index (χ3v) is 8.67. The first kappa shape index (κ1) is 24.2. The number of benzene rings is 2. The quantitative estimate of drug-likeness (QED) is 0.300. The van der Waals surface area contributed by atoms with E-state index in [0.29, 0.717) is 21.2 Å². The normalized spacial score (nSPS) is 11.4. The van der Waals surface area contributed by atoms with Gasteiger partial charge in [0.25, 0.3) is 15.6 Å². The van der Waals surface area contributed by atoms with Crippen molar-refractivity contribution in [3.8, 4) is 5.69 Å². The molecule has 0 radical (unpaired) electrons. The maximum Gasteiger partial charge on any atom is 0.333 e. The summed E-state index contributed by atoms with van der Waals surface area (Å²) in [6.45, 7) is 0. The van der Waals surface area contributed by atoms with E-state index in [2.05, 4.69) is 26.6 Å². The number of sulfonamides is 1. The molecule has 4 aromatic rings. The van der Waals surface area contributed by atoms with Gasteiger partial charge in [0.15, 0.2) is 0 Å². The van der Waals surface area contributed by atoms with Crippen molar-refractivity contribution < 1.29 is 17.6 Å². The third-order valence-electron chi connectivity index (χ3n) is 4.79. The molecule has 2 aromatic heterocycles. The average molecular weight is 586 g/mol. The van der Waals surface area contributed by atoms with Gasteiger partial charge in [0.1, 0.15) is 10.0 Å². The predicted octanol–water partition coefficient (Wildman–Crippen LogP) is 5.16. The number of halogens is 3. The van der Waals surface area contributed by atoms with E-state index in [4.69, 9.17) is 11.6 Å². The van der Waals surface area contributed by atoms with Gasteiger partial charge < -0.3 is 10.6 Å². The Bertz CT molecular complexity index is 1590. The summed E-state index contributed by atoms with van der Waals surface area (Å²) in [4.78, 5) is 25.1. The molecule has 0 unspecified atom stereocenters. The minimum atomic E-state index is -4.06. The number of pyridine rings is 1. The second kappa shape index (κ2) is 9.37. The Labute approximate surface area is 210 Å². The van der Waals surface area contributed by atoms with Crippen LogP contribution in [0.15, 0.2) is 68.2 Å². The lowest BCUT2D eigenvalue weighted by atomic mass is 10.1. The first-order chi connectivity index (χ1) is 16.1. The van der Waals surface area contributed by atoms with E-state index >= 15 is 0 Å². The van der Waals surface area contributed by atoms with Crippen LogP contribution < -0.4 is 20.9 Å². The molecule has 2 aromatic carbocycles. The Morgan fingerprint density at radius 2 is 1.82 bits per heavy atom. The fourth-order valence-electron chi connectivity index (χ4n) is 3.23. The van der Waals surface area contributed by atoms with Gasteiger partial charge in [0, 0.05) is 30.0 Å². The van der Waals surface area contributed by atoms with Crippen LogP contribution in [-0.2, 0) is 10.0 Å². The maximum absolute atomic E-state index is 14.4. The molecule has 2 amide bonds. The third kappa shape index (κ3) is 4.67. The number of hydrogen-bond acceptors (Lipinski definition) is 6. The number of urea groups is 1. The summed E-state index contributed by atoms with van der Waals surface area (Å²) in [5.41, 5.74) is 0.580. The minimum absolute atomic E-state index is 0.0939. The number of nitrogens with one attached hydrogen (secondary N) is 3. The first-order valence-corrected chi connectivity index (χ1v) is 13.0. The molecule has 8 nitrogen and oxygen atoms in total. The zero-order valence-electron chi connectivity index (χ0n) is 17.2. The fraction of sp³-hybridized carbons (Fsp3) is 0.0476. The van der Waals surface area contributed by atoms with E-state index in [0.717, 1.165) is 11.3 Å². The van der Waals surface area contributed by atoms with Gasteiger partial charge in [-0.05, 0) is 64.5 Å². The summed E-state index contributed by atoms with van der Waals surface area (Å²) >= 11 is 9.90. The standard InChI is InChI=1S/C21H15BrClFN4O4S2/c1-25-19-15(24)10-14-13(18(19)22)8-9-28(20(14)29)12-4-2-11(3-5-12)26-21(30)27-34(31,32)17-7-6-16(23)33-17/h2-10,25H,1H3,(H2,26,27,30). The van der Waals surface area contributed by atoms with Gasteiger partial charge in [0.05, 0.1) is 19.9 Å². The molecule has 0 aliphatic heterocycles. The Hall–Kier alpha value is -2.93. The SMILES string of the molecule is CNc1c(F)cc2c(=O)n(-c3ccc(NC(=O)NS(=O)(=O)c4ccc(Cl)s4)cc3)ccc2c1Br. The highest BCUT2D eigenvalue weighted by atomic mass is 79.9. The highest BCUT2D eigenvalue weighted by molar-refractivity contribution is 9.10. The van der Waals surface area contributed by atoms with Crippen molar-refractivity contribution in [1.82, 2.24) is 9.29 Å². The molecular formula is C21H15BrClFN4O4S2. The topological polar surface area (TPSA) is 109 Å². The average Bonchev–Trinajstić information content (AvgIpc) is 3.23. The predicted molar refractivity (Wildman–Crippen MR) is 135 cm³/mol. The molecule has 4 rings (SSSR count). The summed E-state index contributed by atoms with van der Waals surface area (Å²) in [5, 5.41) is 5.91. The fourth-order valence-corrected chi connectivity index (χ4v) is 6.35. The number of carbonyl (C=O) groups excluding carboxylic acids is 1. The lowest BCUT2D eigenvalue weighted by Gasteiger charge is -2.12. The van der Waals surface area contributed by atoms with Crippen molar-refractivity contribution in [2.24, 2.45) is 0 Å². The summed E-state index contributed by atoms with van der Waals surface area (Å²) in [6, 6.07) is 10.7. The number of aromatic nitrogens is 1. The van der Waals surface area contributed by atoms with Gasteiger partial charge in [0.2, 0.25) is 0 Å². The summed E-state index contributed by atoms with van der Waals surface area (Å²) in [6.07, 6.45) is 1.56. The molecule has 0 saturated heterocycles. The molecule has 0 atom stereocenters. The Morgan fingerprint density at radius 1 is 1.12 bits per heavy atom. The number of fused-ring (bicyclic) bond motifs is 1. The minimum Gasteiger partial charge on any atom is -0.385 e. The molecule has 3 N–H and O–H groups in total. The van der Waals surface area contributed by atoms with Crippen LogP contribution in [-0.4, -0.2) is 26.1 Å². The first-order valence-electron chi connectivity index (χ1n) is 9.51. The summed E-state index contributed by atoms with van der Waals surface area (Å²) in [7, 11) is -2.48. The van der Waals surface area contributed by atoms with Crippen molar-refractivity contribution in [2.45, 2.75) is 4.21 Å². The van der Waals surface area contributed by atoms with Crippen LogP contribution in [0.25, 0.3) is 16.5 Å². The van der Waals surface area contributed by atoms with Gasteiger partial charge >= 0.3 is 6.03 Å². The number of rotatable bonds is 5. The lowest BCUT2D eigenvalue weighted by molar-refractivity contribution is 0.256. The van der Waals surface area contributed by atoms with E-state index in [9.17, 15) is 22.4 Å². The van der Waals surface area contributed by atoms with E-state index in [1.807, 2.05) is 4.72 Å². The van der Waals surface area contributed by atoms with Crippen LogP contribution in [0.2, 0.25) is 4.34 Å². The second-order valence-electron chi connectivity index (χ2n) is 6.91. The van der Waals surface area contributed by atoms with Crippen molar-refractivity contribution in [2.75, 3.05) is 17.7 Å². The summed E-state index contributed by atoms with van der Waals surface area (Å²) < 4.78 is 42.7. The molecule has 0 fully saturated rings. The monoisotopic (exact) mass is 584 g/mol. The van der Waals surface area contributed by atoms with Crippen molar-refractivity contribution in [3.05, 3.63) is 79.7 Å². The van der Waals surface area contributed by atoms with E-state index in [1.165, 1.54) is 34.9 Å². The number of amides is 2. The smallest absolute Gasteiger partial charge is 0.333 e. The van der Waals surface area contributed by atoms with E-state index in [-0.39, 0.29) is 19.6 Å². The van der Waals surface area contributed by atoms with E-state index in [1.54, 1.807) is 31.4 Å². The van der Waals surface area contributed by atoms with Crippen LogP contribution >= 0.6 is 38.9 Å². The highest BCUT2D eigenvalue weighted by Crippen LogP contribution is 2.32. The number of anilines is 2. The van der Waals surface area contributed by atoms with Crippen LogP contribution in [0.4, 0.5) is 20.6 Å². The van der Waals surface area contributed by atoms with Crippen LogP contribution in [0.5, 0.6) is 0 Å². The van der Waals surface area contributed by atoms with Crippen LogP contribution in [0.3, 0.4) is 0 Å². The summed E-state index contributed by atoms with van der Waals surface area (Å²) in [5.74, 6) is -0.568. The van der Waals surface area contributed by atoms with E-state index < -0.39 is 27.4 Å². The molecule has 13 heteroatoms. The van der Waals surface area contributed by atoms with Gasteiger partial charge in [-0.1, -0.05) is 11.6 Å². The van der Waals surface area contributed by atoms with Gasteiger partial charge in [-0.2, -0.15) is 0 Å². The number of hydrogen-bond donors (Lipinski definition) is 3. The molecule has 0 aliphatic rings. The number of carbonyl (C=O) groups is 1. The lowest BCUT2D eigenvalue weighted by Crippen LogP contribution is -2.33. The van der Waals surface area contributed by atoms with Gasteiger partial charge in [-0.25, -0.2) is 22.3 Å². The molecule has 0 saturated carbocycles. The number of nitrogens with zero attached hydrogens (tertiary/aromatic N) is 1. The number of thiophene rings is 1. The molecule has 2 heterocycles. The molecule has 34 heavy (non-hydrogen) atoms. The zero-order chi connectivity index (χ0) is 24.6. The molecule has 0 bridgehead atoms. The Kier molecular flexibility index (Phi) is 6.67. The molecule has 176 valence electrons. The highest BCUT2D eigenvalue weighted by Gasteiger charge is 2.20. The van der Waals surface area contributed by atoms with Crippen molar-refractivity contribution in [3.63, 3.8) is 0 Å². The van der Waals surface area contributed by atoms with Crippen LogP contribution in [0.1, 0.15) is 0 Å².